The van der Waals surface area contributed by atoms with Crippen LogP contribution in [0.1, 0.15) is 11.1 Å². The summed E-state index contributed by atoms with van der Waals surface area (Å²) in [5.74, 6) is 0. The minimum absolute atomic E-state index is 0.0706. The van der Waals surface area contributed by atoms with Gasteiger partial charge in [-0.15, -0.1) is 0 Å². The maximum atomic E-state index is 12.8. The summed E-state index contributed by atoms with van der Waals surface area (Å²) in [6, 6.07) is 17.3. The predicted molar refractivity (Wildman–Crippen MR) is 119 cm³/mol. The molecular weight excluding hydrogens is 438 g/mol. The molecule has 10 heteroatoms. The number of nitrogens with one attached hydrogen (secondary N) is 3. The molecule has 0 saturated heterocycles. The molecule has 0 aliphatic heterocycles. The Balaban J connectivity index is 1.80. The Kier molecular flexibility index (Phi) is 6.32. The summed E-state index contributed by atoms with van der Waals surface area (Å²) < 4.78 is 54.8. The lowest BCUT2D eigenvalue weighted by Crippen LogP contribution is -2.34. The Labute approximate surface area is 181 Å². The van der Waals surface area contributed by atoms with E-state index in [1.54, 1.807) is 43.3 Å². The zero-order chi connectivity index (χ0) is 22.6. The van der Waals surface area contributed by atoms with Gasteiger partial charge in [-0.1, -0.05) is 47.5 Å². The van der Waals surface area contributed by atoms with Crippen LogP contribution in [0.2, 0.25) is 0 Å². The number of carbonyl (C=O) groups excluding carboxylic acids is 1. The number of aryl methyl sites for hydroxylation is 2. The monoisotopic (exact) mass is 459 g/mol. The number of benzene rings is 3. The van der Waals surface area contributed by atoms with Crippen LogP contribution in [0.4, 0.5) is 16.2 Å². The van der Waals surface area contributed by atoms with Gasteiger partial charge in [0.1, 0.15) is 4.90 Å². The van der Waals surface area contributed by atoms with Crippen LogP contribution in [0.15, 0.2) is 82.6 Å². The molecule has 0 atom stereocenters. The molecular formula is C21H21N3O5S2. The van der Waals surface area contributed by atoms with Gasteiger partial charge in [0.15, 0.2) is 0 Å². The van der Waals surface area contributed by atoms with Crippen molar-refractivity contribution in [2.24, 2.45) is 0 Å². The molecule has 0 aromatic heterocycles. The molecule has 0 fully saturated rings. The second-order valence-electron chi connectivity index (χ2n) is 6.84. The number of anilines is 2. The highest BCUT2D eigenvalue weighted by Crippen LogP contribution is 2.24. The third-order valence-electron chi connectivity index (χ3n) is 4.29. The van der Waals surface area contributed by atoms with Gasteiger partial charge in [-0.25, -0.2) is 26.4 Å². The van der Waals surface area contributed by atoms with Crippen molar-refractivity contribution in [3.05, 3.63) is 83.9 Å². The van der Waals surface area contributed by atoms with Crippen LogP contribution in [0.25, 0.3) is 0 Å². The lowest BCUT2D eigenvalue weighted by Gasteiger charge is -2.14. The molecule has 3 aromatic carbocycles. The topological polar surface area (TPSA) is 121 Å². The van der Waals surface area contributed by atoms with Gasteiger partial charge in [0.2, 0.25) is 0 Å². The lowest BCUT2D eigenvalue weighted by molar-refractivity contribution is 0.256. The Morgan fingerprint density at radius 3 is 1.87 bits per heavy atom. The first kappa shape index (κ1) is 22.3. The van der Waals surface area contributed by atoms with E-state index in [2.05, 4.69) is 10.0 Å². The maximum Gasteiger partial charge on any atom is 0.333 e. The predicted octanol–water partition coefficient (Wildman–Crippen LogP) is 3.61. The minimum atomic E-state index is -4.12. The van der Waals surface area contributed by atoms with E-state index in [1.165, 1.54) is 36.4 Å². The van der Waals surface area contributed by atoms with Gasteiger partial charge in [-0.3, -0.25) is 4.72 Å². The minimum Gasteiger partial charge on any atom is -0.306 e. The fourth-order valence-corrected chi connectivity index (χ4v) is 4.81. The summed E-state index contributed by atoms with van der Waals surface area (Å²) in [4.78, 5) is 12.0. The van der Waals surface area contributed by atoms with Gasteiger partial charge < -0.3 is 5.32 Å². The molecule has 162 valence electrons. The van der Waals surface area contributed by atoms with Crippen LogP contribution >= 0.6 is 0 Å². The highest BCUT2D eigenvalue weighted by molar-refractivity contribution is 7.93. The third kappa shape index (κ3) is 5.62. The van der Waals surface area contributed by atoms with Crippen molar-refractivity contribution in [2.75, 3.05) is 10.0 Å². The van der Waals surface area contributed by atoms with Crippen LogP contribution in [0.5, 0.6) is 0 Å². The van der Waals surface area contributed by atoms with Crippen LogP contribution in [0, 0.1) is 13.8 Å². The van der Waals surface area contributed by atoms with Crippen molar-refractivity contribution in [3.8, 4) is 0 Å². The van der Waals surface area contributed by atoms with Crippen LogP contribution in [0.3, 0.4) is 0 Å². The number of para-hydroxylation sites is 1. The smallest absolute Gasteiger partial charge is 0.306 e. The molecule has 0 heterocycles. The van der Waals surface area contributed by atoms with Gasteiger partial charge in [0.05, 0.1) is 10.6 Å². The van der Waals surface area contributed by atoms with E-state index in [0.29, 0.717) is 5.69 Å². The number of hydrogen-bond acceptors (Lipinski definition) is 5. The summed E-state index contributed by atoms with van der Waals surface area (Å²) in [7, 11) is -8.17. The normalized spacial score (nSPS) is 11.5. The molecule has 0 spiro atoms. The van der Waals surface area contributed by atoms with Gasteiger partial charge in [-0.2, -0.15) is 0 Å². The third-order valence-corrected chi connectivity index (χ3v) is 7.07. The molecule has 2 amide bonds. The molecule has 0 radical (unpaired) electrons. The molecule has 0 bridgehead atoms. The first-order valence-corrected chi connectivity index (χ1v) is 12.1. The number of rotatable bonds is 6. The molecule has 3 N–H and O–H groups in total. The Hall–Kier alpha value is -3.37. The Morgan fingerprint density at radius 1 is 0.710 bits per heavy atom. The van der Waals surface area contributed by atoms with Gasteiger partial charge in [0.25, 0.3) is 20.0 Å². The summed E-state index contributed by atoms with van der Waals surface area (Å²) in [5.41, 5.74) is 2.12. The SMILES string of the molecule is Cc1ccc(NS(=O)(=O)c2ccccc2NC(=O)NS(=O)(=O)c2ccc(C)cc2)cc1. The summed E-state index contributed by atoms with van der Waals surface area (Å²) in [6.07, 6.45) is 0. The van der Waals surface area contributed by atoms with Gasteiger partial charge >= 0.3 is 6.03 Å². The van der Waals surface area contributed by atoms with Gasteiger partial charge in [0, 0.05) is 5.69 Å². The molecule has 3 aromatic rings. The molecule has 8 nitrogen and oxygen atoms in total. The van der Waals surface area contributed by atoms with E-state index < -0.39 is 26.1 Å². The fraction of sp³-hybridized carbons (Fsp3) is 0.0952. The average Bonchev–Trinajstić information content (AvgIpc) is 2.70. The molecule has 0 aliphatic carbocycles. The molecule has 3 rings (SSSR count). The first-order valence-electron chi connectivity index (χ1n) is 9.16. The van der Waals surface area contributed by atoms with Crippen molar-refractivity contribution in [1.82, 2.24) is 4.72 Å². The van der Waals surface area contributed by atoms with E-state index in [0.717, 1.165) is 11.1 Å². The quantitative estimate of drug-likeness (QED) is 0.520. The van der Waals surface area contributed by atoms with Crippen molar-refractivity contribution in [1.29, 1.82) is 0 Å². The number of urea groups is 1. The van der Waals surface area contributed by atoms with Crippen molar-refractivity contribution in [3.63, 3.8) is 0 Å². The van der Waals surface area contributed by atoms with E-state index >= 15 is 0 Å². The van der Waals surface area contributed by atoms with E-state index in [-0.39, 0.29) is 15.5 Å². The number of hydrogen-bond donors (Lipinski definition) is 3. The maximum absolute atomic E-state index is 12.8. The van der Waals surface area contributed by atoms with Gasteiger partial charge in [-0.05, 0) is 50.2 Å². The zero-order valence-electron chi connectivity index (χ0n) is 16.8. The second kappa shape index (κ2) is 8.78. The summed E-state index contributed by atoms with van der Waals surface area (Å²) in [6.45, 7) is 3.68. The zero-order valence-corrected chi connectivity index (χ0v) is 18.4. The number of carbonyl (C=O) groups is 1. The van der Waals surface area contributed by atoms with E-state index in [1.807, 2.05) is 11.6 Å². The molecule has 0 saturated carbocycles. The van der Waals surface area contributed by atoms with Crippen molar-refractivity contribution in [2.45, 2.75) is 23.6 Å². The highest BCUT2D eigenvalue weighted by Gasteiger charge is 2.22. The summed E-state index contributed by atoms with van der Waals surface area (Å²) >= 11 is 0. The average molecular weight is 460 g/mol. The number of sulfonamides is 2. The fourth-order valence-electron chi connectivity index (χ4n) is 2.68. The lowest BCUT2D eigenvalue weighted by atomic mass is 10.2. The summed E-state index contributed by atoms with van der Waals surface area (Å²) in [5, 5.41) is 2.30. The first-order chi connectivity index (χ1) is 14.6. The van der Waals surface area contributed by atoms with Crippen LogP contribution in [-0.2, 0) is 20.0 Å². The van der Waals surface area contributed by atoms with Crippen LogP contribution in [-0.4, -0.2) is 22.9 Å². The molecule has 0 aliphatic rings. The van der Waals surface area contributed by atoms with E-state index in [9.17, 15) is 21.6 Å². The number of amides is 2. The Morgan fingerprint density at radius 2 is 1.26 bits per heavy atom. The highest BCUT2D eigenvalue weighted by atomic mass is 32.2. The van der Waals surface area contributed by atoms with Crippen molar-refractivity contribution < 1.29 is 21.6 Å². The largest absolute Gasteiger partial charge is 0.333 e. The second-order valence-corrected chi connectivity index (χ2v) is 10.2. The molecule has 31 heavy (non-hydrogen) atoms. The van der Waals surface area contributed by atoms with E-state index in [4.69, 9.17) is 0 Å². The Bertz CT molecular complexity index is 1300. The molecule has 0 unspecified atom stereocenters. The standard InChI is InChI=1S/C21H21N3O5S2/c1-15-7-11-17(12-8-15)23-31(28,29)20-6-4-3-5-19(20)22-21(25)24-30(26,27)18-13-9-16(2)10-14-18/h3-14,23H,1-2H3,(H2,22,24,25). The van der Waals surface area contributed by atoms with Crippen molar-refractivity contribution >= 4 is 37.5 Å². The van der Waals surface area contributed by atoms with Crippen LogP contribution < -0.4 is 14.8 Å².